The van der Waals surface area contributed by atoms with Crippen LogP contribution in [0.25, 0.3) is 0 Å². The normalized spacial score (nSPS) is 23.6. The van der Waals surface area contributed by atoms with Gasteiger partial charge in [0.15, 0.2) is 16.6 Å². The molecule has 0 saturated carbocycles. The SMILES string of the molecule is CC(=O)[C@@H]1C[C@H](O[Si](C)(C)C(C)(C)C)c2ccccc2[C@@H]1O[Si](C)(C)C(C)(C)C. The maximum atomic E-state index is 12.8. The fraction of sp³-hybridized carbons (Fsp3) is 0.708. The topological polar surface area (TPSA) is 35.5 Å². The fourth-order valence-electron chi connectivity index (χ4n) is 3.42. The van der Waals surface area contributed by atoms with Crippen molar-refractivity contribution in [2.24, 2.45) is 5.92 Å². The van der Waals surface area contributed by atoms with Crippen LogP contribution < -0.4 is 0 Å². The molecule has 1 aromatic carbocycles. The smallest absolute Gasteiger partial charge is 0.192 e. The molecule has 0 aliphatic heterocycles. The molecule has 2 rings (SSSR count). The van der Waals surface area contributed by atoms with Gasteiger partial charge in [-0.25, -0.2) is 0 Å². The maximum Gasteiger partial charge on any atom is 0.192 e. The molecule has 1 aliphatic rings. The second-order valence-electron chi connectivity index (χ2n) is 11.7. The molecule has 29 heavy (non-hydrogen) atoms. The summed E-state index contributed by atoms with van der Waals surface area (Å²) in [6.45, 7) is 24.4. The predicted molar refractivity (Wildman–Crippen MR) is 127 cm³/mol. The number of carbonyl (C=O) groups excluding carboxylic acids is 1. The Morgan fingerprint density at radius 2 is 1.31 bits per heavy atom. The first kappa shape index (κ1) is 24.5. The molecule has 0 aromatic heterocycles. The summed E-state index contributed by atoms with van der Waals surface area (Å²) in [5.74, 6) is 0.0424. The molecular formula is C24H42O3Si2. The summed E-state index contributed by atoms with van der Waals surface area (Å²) in [6.07, 6.45) is 0.488. The molecule has 0 saturated heterocycles. The lowest BCUT2D eigenvalue weighted by atomic mass is 9.78. The second kappa shape index (κ2) is 8.06. The third-order valence-electron chi connectivity index (χ3n) is 7.48. The van der Waals surface area contributed by atoms with E-state index in [4.69, 9.17) is 8.85 Å². The maximum absolute atomic E-state index is 12.8. The van der Waals surface area contributed by atoms with Crippen molar-refractivity contribution in [1.29, 1.82) is 0 Å². The minimum Gasteiger partial charge on any atom is -0.410 e. The first-order chi connectivity index (χ1) is 13.0. The average molecular weight is 435 g/mol. The van der Waals surface area contributed by atoms with Crippen LogP contribution in [0, 0.1) is 5.92 Å². The number of hydrogen-bond donors (Lipinski definition) is 0. The first-order valence-corrected chi connectivity index (χ1v) is 16.7. The van der Waals surface area contributed by atoms with Gasteiger partial charge >= 0.3 is 0 Å². The van der Waals surface area contributed by atoms with Crippen LogP contribution in [-0.2, 0) is 13.6 Å². The van der Waals surface area contributed by atoms with Crippen molar-refractivity contribution >= 4 is 22.4 Å². The highest BCUT2D eigenvalue weighted by Gasteiger charge is 2.47. The van der Waals surface area contributed by atoms with Crippen LogP contribution in [0.15, 0.2) is 24.3 Å². The lowest BCUT2D eigenvalue weighted by Gasteiger charge is -2.46. The summed E-state index contributed by atoms with van der Waals surface area (Å²) >= 11 is 0. The molecule has 0 heterocycles. The average Bonchev–Trinajstić information content (AvgIpc) is 2.54. The largest absolute Gasteiger partial charge is 0.410 e. The van der Waals surface area contributed by atoms with Crippen LogP contribution in [0.1, 0.15) is 78.2 Å². The number of Topliss-reactive ketones (excluding diaryl/α,β-unsaturated/α-hetero) is 1. The molecule has 1 aromatic rings. The van der Waals surface area contributed by atoms with Crippen LogP contribution >= 0.6 is 0 Å². The first-order valence-electron chi connectivity index (χ1n) is 10.9. The number of carbonyl (C=O) groups is 1. The second-order valence-corrected chi connectivity index (χ2v) is 21.3. The number of benzene rings is 1. The summed E-state index contributed by atoms with van der Waals surface area (Å²) in [5, 5.41) is 0.222. The van der Waals surface area contributed by atoms with Crippen LogP contribution in [-0.4, -0.2) is 22.4 Å². The number of hydrogen-bond acceptors (Lipinski definition) is 3. The molecule has 0 bridgehead atoms. The van der Waals surface area contributed by atoms with Crippen LogP contribution in [0.2, 0.25) is 36.3 Å². The molecule has 0 N–H and O–H groups in total. The van der Waals surface area contributed by atoms with Gasteiger partial charge in [0.1, 0.15) is 5.78 Å². The van der Waals surface area contributed by atoms with E-state index in [1.54, 1.807) is 6.92 Å². The van der Waals surface area contributed by atoms with E-state index in [-0.39, 0.29) is 34.0 Å². The molecule has 0 radical (unpaired) electrons. The van der Waals surface area contributed by atoms with Crippen molar-refractivity contribution in [3.63, 3.8) is 0 Å². The van der Waals surface area contributed by atoms with E-state index < -0.39 is 16.6 Å². The third-order valence-corrected chi connectivity index (χ3v) is 16.4. The van der Waals surface area contributed by atoms with E-state index in [2.05, 4.69) is 92.0 Å². The zero-order valence-electron chi connectivity index (χ0n) is 20.5. The Kier molecular flexibility index (Phi) is 6.81. The summed E-state index contributed by atoms with van der Waals surface area (Å²) in [7, 11) is -4.00. The molecule has 0 amide bonds. The highest BCUT2D eigenvalue weighted by atomic mass is 28.4. The Hall–Kier alpha value is -0.756. The van der Waals surface area contributed by atoms with Crippen molar-refractivity contribution in [2.75, 3.05) is 0 Å². The quantitative estimate of drug-likeness (QED) is 0.452. The van der Waals surface area contributed by atoms with Gasteiger partial charge in [-0.05, 0) is 60.7 Å². The zero-order chi connectivity index (χ0) is 22.4. The van der Waals surface area contributed by atoms with E-state index in [0.29, 0.717) is 6.42 Å². The van der Waals surface area contributed by atoms with Crippen molar-refractivity contribution < 1.29 is 13.6 Å². The Bertz CT molecular complexity index is 741. The highest BCUT2D eigenvalue weighted by molar-refractivity contribution is 6.74. The van der Waals surface area contributed by atoms with E-state index >= 15 is 0 Å². The monoisotopic (exact) mass is 434 g/mol. The van der Waals surface area contributed by atoms with Gasteiger partial charge in [-0.3, -0.25) is 4.79 Å². The lowest BCUT2D eigenvalue weighted by molar-refractivity contribution is -0.126. The molecule has 0 unspecified atom stereocenters. The van der Waals surface area contributed by atoms with Crippen LogP contribution in [0.3, 0.4) is 0 Å². The zero-order valence-corrected chi connectivity index (χ0v) is 22.5. The van der Waals surface area contributed by atoms with Gasteiger partial charge in [0.2, 0.25) is 0 Å². The fourth-order valence-corrected chi connectivity index (χ4v) is 5.99. The molecule has 1 aliphatic carbocycles. The van der Waals surface area contributed by atoms with Gasteiger partial charge in [0.05, 0.1) is 12.2 Å². The third kappa shape index (κ3) is 5.12. The van der Waals surface area contributed by atoms with E-state index in [1.807, 2.05) is 0 Å². The van der Waals surface area contributed by atoms with Gasteiger partial charge in [0.25, 0.3) is 0 Å². The van der Waals surface area contributed by atoms with Crippen LogP contribution in [0.5, 0.6) is 0 Å². The summed E-state index contributed by atoms with van der Waals surface area (Å²) in [5.41, 5.74) is 2.35. The number of rotatable bonds is 5. The van der Waals surface area contributed by atoms with Crippen molar-refractivity contribution in [2.45, 2.75) is 103 Å². The summed E-state index contributed by atoms with van der Waals surface area (Å²) in [6, 6.07) is 8.46. The Morgan fingerprint density at radius 3 is 1.76 bits per heavy atom. The minimum atomic E-state index is -2.03. The minimum absolute atomic E-state index is 0.0414. The lowest BCUT2D eigenvalue weighted by Crippen LogP contribution is -2.47. The molecule has 3 atom stereocenters. The molecule has 0 spiro atoms. The molecule has 0 fully saturated rings. The predicted octanol–water partition coefficient (Wildman–Crippen LogP) is 7.42. The Labute approximate surface area is 180 Å². The molecule has 3 nitrogen and oxygen atoms in total. The number of fused-ring (bicyclic) bond motifs is 1. The standard InChI is InChI=1S/C24H42O3Si2/c1-17(25)20-16-21(26-28(8,9)23(2,3)4)18-14-12-13-15-19(18)22(20)27-29(10,11)24(5,6)7/h12-15,20-22H,16H2,1-11H3/t20-,21-,22-/m0/s1. The van der Waals surface area contributed by atoms with E-state index in [0.717, 1.165) is 5.56 Å². The Morgan fingerprint density at radius 1 is 0.862 bits per heavy atom. The van der Waals surface area contributed by atoms with Gasteiger partial charge in [-0.2, -0.15) is 0 Å². The van der Waals surface area contributed by atoms with Gasteiger partial charge in [0, 0.05) is 5.92 Å². The molecular weight excluding hydrogens is 392 g/mol. The van der Waals surface area contributed by atoms with E-state index in [1.165, 1.54) is 5.56 Å². The van der Waals surface area contributed by atoms with Crippen LogP contribution in [0.4, 0.5) is 0 Å². The van der Waals surface area contributed by atoms with Gasteiger partial charge < -0.3 is 8.85 Å². The van der Waals surface area contributed by atoms with Crippen molar-refractivity contribution in [1.82, 2.24) is 0 Å². The van der Waals surface area contributed by atoms with Crippen molar-refractivity contribution in [3.8, 4) is 0 Å². The highest BCUT2D eigenvalue weighted by Crippen LogP contribution is 2.50. The van der Waals surface area contributed by atoms with Gasteiger partial charge in [-0.15, -0.1) is 0 Å². The van der Waals surface area contributed by atoms with E-state index in [9.17, 15) is 4.79 Å². The van der Waals surface area contributed by atoms with Gasteiger partial charge in [-0.1, -0.05) is 65.8 Å². The molecule has 164 valence electrons. The Balaban J connectivity index is 2.50. The summed E-state index contributed by atoms with van der Waals surface area (Å²) < 4.78 is 13.7. The molecule has 5 heteroatoms. The van der Waals surface area contributed by atoms with Crippen molar-refractivity contribution in [3.05, 3.63) is 35.4 Å². The number of ketones is 1. The summed E-state index contributed by atoms with van der Waals surface area (Å²) in [4.78, 5) is 12.8.